The fourth-order valence-corrected chi connectivity index (χ4v) is 3.46. The predicted octanol–water partition coefficient (Wildman–Crippen LogP) is 1.08. The standard InChI is InChI=1S/C19H18N4O5/c1-27-14-8-12-13(9-15(14)28-2)22-23(16(12)24)10-19(11-6-4-3-5-7-11)17(25)20-18(26)21-19/h3-9,22H,10H2,1-2H3,(H2,20,21,25,26). The van der Waals surface area contributed by atoms with Crippen LogP contribution in [0, 0.1) is 0 Å². The van der Waals surface area contributed by atoms with Gasteiger partial charge < -0.3 is 14.8 Å². The minimum Gasteiger partial charge on any atom is -0.493 e. The van der Waals surface area contributed by atoms with Crippen molar-refractivity contribution in [2.45, 2.75) is 12.1 Å². The number of benzene rings is 2. The molecule has 2 heterocycles. The minimum absolute atomic E-state index is 0.104. The van der Waals surface area contributed by atoms with E-state index < -0.39 is 17.5 Å². The maximum Gasteiger partial charge on any atom is 0.322 e. The van der Waals surface area contributed by atoms with E-state index in [1.54, 1.807) is 42.5 Å². The molecule has 3 aromatic rings. The molecule has 1 aromatic heterocycles. The number of nitrogens with one attached hydrogen (secondary N) is 3. The lowest BCUT2D eigenvalue weighted by atomic mass is 9.90. The number of aromatic nitrogens is 2. The van der Waals surface area contributed by atoms with Crippen LogP contribution in [-0.2, 0) is 16.9 Å². The fraction of sp³-hybridized carbons (Fsp3) is 0.211. The quantitative estimate of drug-likeness (QED) is 0.572. The Bertz CT molecular complexity index is 1130. The van der Waals surface area contributed by atoms with Crippen molar-refractivity contribution in [1.82, 2.24) is 20.4 Å². The summed E-state index contributed by atoms with van der Waals surface area (Å²) in [7, 11) is 2.99. The lowest BCUT2D eigenvalue weighted by Crippen LogP contribution is -2.49. The molecule has 2 aromatic carbocycles. The zero-order valence-electron chi connectivity index (χ0n) is 15.2. The average molecular weight is 382 g/mol. The number of aromatic amines is 1. The van der Waals surface area contributed by atoms with E-state index in [2.05, 4.69) is 15.7 Å². The molecule has 1 saturated heterocycles. The highest BCUT2D eigenvalue weighted by atomic mass is 16.5. The maximum absolute atomic E-state index is 12.9. The Balaban J connectivity index is 1.85. The van der Waals surface area contributed by atoms with Crippen LogP contribution in [0.3, 0.4) is 0 Å². The number of hydrogen-bond donors (Lipinski definition) is 3. The van der Waals surface area contributed by atoms with E-state index in [0.717, 1.165) is 0 Å². The van der Waals surface area contributed by atoms with E-state index in [-0.39, 0.29) is 12.1 Å². The first-order chi connectivity index (χ1) is 13.5. The van der Waals surface area contributed by atoms with Crippen LogP contribution in [0.5, 0.6) is 11.5 Å². The van der Waals surface area contributed by atoms with Gasteiger partial charge in [0.15, 0.2) is 17.0 Å². The van der Waals surface area contributed by atoms with E-state index in [9.17, 15) is 14.4 Å². The van der Waals surface area contributed by atoms with Gasteiger partial charge >= 0.3 is 6.03 Å². The molecule has 0 saturated carbocycles. The number of hydrogen-bond acceptors (Lipinski definition) is 5. The Morgan fingerprint density at radius 3 is 2.29 bits per heavy atom. The predicted molar refractivity (Wildman–Crippen MR) is 100 cm³/mol. The Morgan fingerprint density at radius 1 is 1.00 bits per heavy atom. The topological polar surface area (TPSA) is 114 Å². The van der Waals surface area contributed by atoms with Gasteiger partial charge in [-0.3, -0.25) is 20.0 Å². The summed E-state index contributed by atoms with van der Waals surface area (Å²) in [5, 5.41) is 8.29. The molecule has 9 nitrogen and oxygen atoms in total. The number of carbonyl (C=O) groups excluding carboxylic acids is 2. The van der Waals surface area contributed by atoms with Gasteiger partial charge in [-0.15, -0.1) is 0 Å². The number of rotatable bonds is 5. The van der Waals surface area contributed by atoms with Crippen LogP contribution < -0.4 is 25.7 Å². The highest BCUT2D eigenvalue weighted by molar-refractivity contribution is 6.07. The smallest absolute Gasteiger partial charge is 0.322 e. The molecular weight excluding hydrogens is 364 g/mol. The summed E-state index contributed by atoms with van der Waals surface area (Å²) in [5.74, 6) is 0.362. The summed E-state index contributed by atoms with van der Waals surface area (Å²) in [6, 6.07) is 11.4. The number of methoxy groups -OCH3 is 2. The highest BCUT2D eigenvalue weighted by Crippen LogP contribution is 2.31. The lowest BCUT2D eigenvalue weighted by Gasteiger charge is -2.26. The number of ether oxygens (including phenoxy) is 2. The molecule has 1 unspecified atom stereocenters. The van der Waals surface area contributed by atoms with Crippen LogP contribution in [0.1, 0.15) is 5.56 Å². The van der Waals surface area contributed by atoms with Crippen LogP contribution in [0.25, 0.3) is 10.9 Å². The van der Waals surface area contributed by atoms with Gasteiger partial charge in [0, 0.05) is 6.07 Å². The summed E-state index contributed by atoms with van der Waals surface area (Å²) in [5.41, 5.74) is -0.660. The molecule has 0 bridgehead atoms. The molecule has 1 atom stereocenters. The normalized spacial score (nSPS) is 18.8. The first-order valence-corrected chi connectivity index (χ1v) is 8.52. The van der Waals surface area contributed by atoms with Crippen molar-refractivity contribution >= 4 is 22.8 Å². The average Bonchev–Trinajstić information content (AvgIpc) is 3.17. The summed E-state index contributed by atoms with van der Waals surface area (Å²) in [6.07, 6.45) is 0. The van der Waals surface area contributed by atoms with Crippen molar-refractivity contribution in [2.75, 3.05) is 14.2 Å². The summed E-state index contributed by atoms with van der Waals surface area (Å²) in [4.78, 5) is 37.5. The number of nitrogens with zero attached hydrogens (tertiary/aromatic N) is 1. The van der Waals surface area contributed by atoms with Gasteiger partial charge in [-0.1, -0.05) is 30.3 Å². The molecule has 144 valence electrons. The zero-order chi connectivity index (χ0) is 19.9. The molecule has 28 heavy (non-hydrogen) atoms. The summed E-state index contributed by atoms with van der Waals surface area (Å²) >= 11 is 0. The second kappa shape index (κ2) is 6.45. The van der Waals surface area contributed by atoms with Crippen LogP contribution >= 0.6 is 0 Å². The summed E-state index contributed by atoms with van der Waals surface area (Å²) < 4.78 is 11.8. The third-order valence-corrected chi connectivity index (χ3v) is 4.86. The summed E-state index contributed by atoms with van der Waals surface area (Å²) in [6.45, 7) is -0.104. The Kier molecular flexibility index (Phi) is 4.07. The van der Waals surface area contributed by atoms with Crippen molar-refractivity contribution in [2.24, 2.45) is 0 Å². The van der Waals surface area contributed by atoms with Gasteiger partial charge in [-0.25, -0.2) is 9.48 Å². The molecule has 3 N–H and O–H groups in total. The molecule has 9 heteroatoms. The van der Waals surface area contributed by atoms with Crippen molar-refractivity contribution in [1.29, 1.82) is 0 Å². The zero-order valence-corrected chi connectivity index (χ0v) is 15.2. The monoisotopic (exact) mass is 382 g/mol. The molecule has 3 amide bonds. The van der Waals surface area contributed by atoms with Gasteiger partial charge in [0.1, 0.15) is 0 Å². The Morgan fingerprint density at radius 2 is 1.68 bits per heavy atom. The van der Waals surface area contributed by atoms with Crippen LogP contribution in [0.4, 0.5) is 4.79 Å². The lowest BCUT2D eigenvalue weighted by molar-refractivity contribution is -0.124. The van der Waals surface area contributed by atoms with Gasteiger partial charge in [0.25, 0.3) is 11.5 Å². The van der Waals surface area contributed by atoms with Gasteiger partial charge in [-0.05, 0) is 11.6 Å². The molecule has 0 aliphatic carbocycles. The molecular formula is C19H18N4O5. The first kappa shape index (κ1) is 17.7. The number of H-pyrrole nitrogens is 1. The van der Waals surface area contributed by atoms with Crippen molar-refractivity contribution in [3.63, 3.8) is 0 Å². The molecule has 0 radical (unpaired) electrons. The largest absolute Gasteiger partial charge is 0.493 e. The van der Waals surface area contributed by atoms with Crippen molar-refractivity contribution in [3.05, 3.63) is 58.4 Å². The van der Waals surface area contributed by atoms with E-state index in [0.29, 0.717) is 28.0 Å². The Labute approximate surface area is 159 Å². The third kappa shape index (κ3) is 2.59. The molecule has 1 aliphatic rings. The van der Waals surface area contributed by atoms with E-state index in [1.165, 1.54) is 18.9 Å². The third-order valence-electron chi connectivity index (χ3n) is 4.86. The van der Waals surface area contributed by atoms with Crippen molar-refractivity contribution < 1.29 is 19.1 Å². The van der Waals surface area contributed by atoms with Gasteiger partial charge in [0.2, 0.25) is 0 Å². The van der Waals surface area contributed by atoms with Crippen molar-refractivity contribution in [3.8, 4) is 11.5 Å². The van der Waals surface area contributed by atoms with Crippen LogP contribution in [-0.4, -0.2) is 35.9 Å². The van der Waals surface area contributed by atoms with Gasteiger partial charge in [0.05, 0.1) is 31.7 Å². The number of urea groups is 1. The number of imide groups is 1. The molecule has 0 spiro atoms. The van der Waals surface area contributed by atoms with E-state index in [4.69, 9.17) is 9.47 Å². The van der Waals surface area contributed by atoms with E-state index >= 15 is 0 Å². The first-order valence-electron chi connectivity index (χ1n) is 8.52. The molecule has 4 rings (SSSR count). The highest BCUT2D eigenvalue weighted by Gasteiger charge is 2.48. The second-order valence-corrected chi connectivity index (χ2v) is 6.44. The maximum atomic E-state index is 12.9. The fourth-order valence-electron chi connectivity index (χ4n) is 3.46. The van der Waals surface area contributed by atoms with E-state index in [1.807, 2.05) is 0 Å². The SMILES string of the molecule is COc1cc2[nH]n(CC3(c4ccccc4)NC(=O)NC3=O)c(=O)c2cc1OC. The van der Waals surface area contributed by atoms with Gasteiger partial charge in [-0.2, -0.15) is 0 Å². The molecule has 1 fully saturated rings. The minimum atomic E-state index is -1.41. The number of carbonyl (C=O) groups is 2. The van der Waals surface area contributed by atoms with Crippen LogP contribution in [0.2, 0.25) is 0 Å². The molecule has 1 aliphatic heterocycles. The second-order valence-electron chi connectivity index (χ2n) is 6.44. The van der Waals surface area contributed by atoms with Crippen LogP contribution in [0.15, 0.2) is 47.3 Å². The number of fused-ring (bicyclic) bond motifs is 1. The number of amides is 3. The Hall–Kier alpha value is -3.75.